The normalized spacial score (nSPS) is 10.3. The Morgan fingerprint density at radius 3 is 2.37 bits per heavy atom. The van der Waals surface area contributed by atoms with E-state index < -0.39 is 5.97 Å². The van der Waals surface area contributed by atoms with Crippen LogP contribution in [0.25, 0.3) is 0 Å². The van der Waals surface area contributed by atoms with Crippen molar-refractivity contribution in [1.82, 2.24) is 5.32 Å². The van der Waals surface area contributed by atoms with E-state index in [1.54, 1.807) is 6.07 Å². The van der Waals surface area contributed by atoms with E-state index in [0.717, 1.165) is 16.7 Å². The van der Waals surface area contributed by atoms with Crippen molar-refractivity contribution in [2.75, 3.05) is 13.2 Å². The molecular weight excluding hydrogens is 342 g/mol. The van der Waals surface area contributed by atoms with Crippen molar-refractivity contribution in [3.05, 3.63) is 70.8 Å². The van der Waals surface area contributed by atoms with Gasteiger partial charge in [0.25, 0.3) is 5.91 Å². The van der Waals surface area contributed by atoms with E-state index in [1.807, 2.05) is 56.3 Å². The average molecular weight is 367 g/mol. The summed E-state index contributed by atoms with van der Waals surface area (Å²) in [7, 11) is 0. The second-order valence-corrected chi connectivity index (χ2v) is 6.47. The Balaban J connectivity index is 1.64. The number of hydrogen-bond donors (Lipinski definition) is 1. The minimum Gasteiger partial charge on any atom is -0.456 e. The topological polar surface area (TPSA) is 72.5 Å². The summed E-state index contributed by atoms with van der Waals surface area (Å²) in [5, 5.41) is 2.71. The molecule has 0 aliphatic rings. The summed E-state index contributed by atoms with van der Waals surface area (Å²) in [6.07, 6.45) is 0.741. The summed E-state index contributed by atoms with van der Waals surface area (Å²) in [5.41, 5.74) is 3.86. The maximum Gasteiger partial charge on any atom is 0.306 e. The van der Waals surface area contributed by atoms with Gasteiger partial charge in [-0.3, -0.25) is 14.4 Å². The van der Waals surface area contributed by atoms with E-state index in [2.05, 4.69) is 5.32 Å². The zero-order valence-electron chi connectivity index (χ0n) is 15.8. The van der Waals surface area contributed by atoms with Gasteiger partial charge in [-0.2, -0.15) is 0 Å². The molecule has 0 atom stereocenters. The highest BCUT2D eigenvalue weighted by atomic mass is 16.5. The molecule has 0 fully saturated rings. The first-order chi connectivity index (χ1) is 13.0. The number of esters is 1. The number of hydrogen-bond acceptors (Lipinski definition) is 4. The number of nitrogens with one attached hydrogen (secondary N) is 1. The highest BCUT2D eigenvalue weighted by molar-refractivity contribution is 5.97. The van der Waals surface area contributed by atoms with Gasteiger partial charge in [0.15, 0.2) is 12.4 Å². The molecule has 142 valence electrons. The summed E-state index contributed by atoms with van der Waals surface area (Å²) < 4.78 is 4.93. The van der Waals surface area contributed by atoms with E-state index in [9.17, 15) is 14.4 Å². The van der Waals surface area contributed by atoms with Crippen molar-refractivity contribution >= 4 is 17.7 Å². The summed E-state index contributed by atoms with van der Waals surface area (Å²) in [5.74, 6) is -1.01. The lowest BCUT2D eigenvalue weighted by molar-refractivity contribution is -0.148. The standard InChI is InChI=1S/C22H25NO4/c1-16-8-9-19(14-17(16)2)20(24)10-11-22(26)27-15-21(25)23-13-12-18-6-4-3-5-7-18/h3-9,14H,10-13,15H2,1-2H3,(H,23,25). The summed E-state index contributed by atoms with van der Waals surface area (Å²) in [6.45, 7) is 4.07. The maximum atomic E-state index is 12.1. The van der Waals surface area contributed by atoms with E-state index >= 15 is 0 Å². The average Bonchev–Trinajstić information content (AvgIpc) is 2.67. The Bertz CT molecular complexity index is 799. The number of carbonyl (C=O) groups excluding carboxylic acids is 3. The molecule has 27 heavy (non-hydrogen) atoms. The SMILES string of the molecule is Cc1ccc(C(=O)CCC(=O)OCC(=O)NCCc2ccccc2)cc1C. The van der Waals surface area contributed by atoms with Crippen molar-refractivity contribution in [3.8, 4) is 0 Å². The van der Waals surface area contributed by atoms with Crippen LogP contribution in [0.1, 0.15) is 39.9 Å². The molecule has 0 unspecified atom stereocenters. The molecule has 0 heterocycles. The second-order valence-electron chi connectivity index (χ2n) is 6.47. The van der Waals surface area contributed by atoms with Gasteiger partial charge in [0.05, 0.1) is 6.42 Å². The summed E-state index contributed by atoms with van der Waals surface area (Å²) in [4.78, 5) is 35.6. The highest BCUT2D eigenvalue weighted by Crippen LogP contribution is 2.12. The predicted octanol–water partition coefficient (Wildman–Crippen LogP) is 3.17. The first-order valence-corrected chi connectivity index (χ1v) is 9.02. The zero-order chi connectivity index (χ0) is 19.6. The van der Waals surface area contributed by atoms with Gasteiger partial charge in [-0.15, -0.1) is 0 Å². The van der Waals surface area contributed by atoms with Crippen LogP contribution < -0.4 is 5.32 Å². The van der Waals surface area contributed by atoms with Gasteiger partial charge in [-0.25, -0.2) is 0 Å². The molecule has 0 saturated carbocycles. The van der Waals surface area contributed by atoms with Gasteiger partial charge in [-0.05, 0) is 43.0 Å². The Morgan fingerprint density at radius 2 is 1.67 bits per heavy atom. The van der Waals surface area contributed by atoms with Crippen LogP contribution in [0.2, 0.25) is 0 Å². The number of benzene rings is 2. The van der Waals surface area contributed by atoms with Crippen molar-refractivity contribution in [2.24, 2.45) is 0 Å². The first kappa shape index (κ1) is 20.4. The van der Waals surface area contributed by atoms with Gasteiger partial charge in [-0.1, -0.05) is 42.5 Å². The number of rotatable bonds is 9. The monoisotopic (exact) mass is 367 g/mol. The van der Waals surface area contributed by atoms with Gasteiger partial charge in [0.2, 0.25) is 0 Å². The largest absolute Gasteiger partial charge is 0.456 e. The second kappa shape index (κ2) is 10.3. The van der Waals surface area contributed by atoms with Crippen molar-refractivity contribution in [1.29, 1.82) is 0 Å². The number of amides is 1. The van der Waals surface area contributed by atoms with Crippen LogP contribution in [0.15, 0.2) is 48.5 Å². The molecule has 0 aromatic heterocycles. The number of ether oxygens (including phenoxy) is 1. The molecule has 2 rings (SSSR count). The molecule has 1 N–H and O–H groups in total. The molecule has 0 aliphatic carbocycles. The fourth-order valence-corrected chi connectivity index (χ4v) is 2.53. The molecule has 2 aromatic rings. The third kappa shape index (κ3) is 7.05. The Kier molecular flexibility index (Phi) is 7.74. The molecule has 5 heteroatoms. The molecule has 2 aromatic carbocycles. The predicted molar refractivity (Wildman–Crippen MR) is 104 cm³/mol. The van der Waals surface area contributed by atoms with Crippen LogP contribution in [-0.4, -0.2) is 30.8 Å². The van der Waals surface area contributed by atoms with Crippen LogP contribution in [0, 0.1) is 13.8 Å². The minimum atomic E-state index is -0.551. The fourth-order valence-electron chi connectivity index (χ4n) is 2.53. The molecular formula is C22H25NO4. The Morgan fingerprint density at radius 1 is 0.926 bits per heavy atom. The van der Waals surface area contributed by atoms with E-state index in [1.165, 1.54) is 0 Å². The zero-order valence-corrected chi connectivity index (χ0v) is 15.8. The lowest BCUT2D eigenvalue weighted by Gasteiger charge is -2.07. The third-order valence-electron chi connectivity index (χ3n) is 4.33. The third-order valence-corrected chi connectivity index (χ3v) is 4.33. The Hall–Kier alpha value is -2.95. The molecule has 0 spiro atoms. The van der Waals surface area contributed by atoms with Crippen molar-refractivity contribution < 1.29 is 19.1 Å². The van der Waals surface area contributed by atoms with Crippen LogP contribution in [0.4, 0.5) is 0 Å². The van der Waals surface area contributed by atoms with E-state index in [-0.39, 0.29) is 31.1 Å². The summed E-state index contributed by atoms with van der Waals surface area (Å²) in [6, 6.07) is 15.3. The number of ketones is 1. The van der Waals surface area contributed by atoms with Gasteiger partial charge < -0.3 is 10.1 Å². The molecule has 0 saturated heterocycles. The van der Waals surface area contributed by atoms with Gasteiger partial charge in [0, 0.05) is 18.5 Å². The first-order valence-electron chi connectivity index (χ1n) is 9.02. The fraction of sp³-hybridized carbons (Fsp3) is 0.318. The van der Waals surface area contributed by atoms with Gasteiger partial charge in [0.1, 0.15) is 0 Å². The van der Waals surface area contributed by atoms with Crippen LogP contribution >= 0.6 is 0 Å². The van der Waals surface area contributed by atoms with Crippen molar-refractivity contribution in [2.45, 2.75) is 33.1 Å². The van der Waals surface area contributed by atoms with E-state index in [0.29, 0.717) is 18.5 Å². The van der Waals surface area contributed by atoms with Crippen LogP contribution in [-0.2, 0) is 20.7 Å². The van der Waals surface area contributed by atoms with Crippen LogP contribution in [0.5, 0.6) is 0 Å². The maximum absolute atomic E-state index is 12.1. The number of Topliss-reactive ketones (excluding diaryl/α,β-unsaturated/α-hetero) is 1. The molecule has 0 bridgehead atoms. The molecule has 1 amide bonds. The van der Waals surface area contributed by atoms with Gasteiger partial charge >= 0.3 is 5.97 Å². The smallest absolute Gasteiger partial charge is 0.306 e. The lowest BCUT2D eigenvalue weighted by Crippen LogP contribution is -2.30. The molecule has 0 radical (unpaired) electrons. The van der Waals surface area contributed by atoms with Crippen molar-refractivity contribution in [3.63, 3.8) is 0 Å². The molecule has 0 aliphatic heterocycles. The summed E-state index contributed by atoms with van der Waals surface area (Å²) >= 11 is 0. The number of aryl methyl sites for hydroxylation is 2. The van der Waals surface area contributed by atoms with Crippen LogP contribution in [0.3, 0.4) is 0 Å². The Labute approximate surface area is 159 Å². The minimum absolute atomic E-state index is 0.0386. The van der Waals surface area contributed by atoms with E-state index in [4.69, 9.17) is 4.74 Å². The molecule has 5 nitrogen and oxygen atoms in total. The highest BCUT2D eigenvalue weighted by Gasteiger charge is 2.12. The quantitative estimate of drug-likeness (QED) is 0.546. The lowest BCUT2D eigenvalue weighted by atomic mass is 10.0. The number of carbonyl (C=O) groups is 3.